The molecule has 2 aliphatic rings. The van der Waals surface area contributed by atoms with Crippen LogP contribution in [-0.4, -0.2) is 75.3 Å². The topological polar surface area (TPSA) is 79.3 Å². The smallest absolute Gasteiger partial charge is 0.324 e. The van der Waals surface area contributed by atoms with Crippen LogP contribution >= 0.6 is 0 Å². The Morgan fingerprint density at radius 2 is 1.20 bits per heavy atom. The Bertz CT molecular complexity index is 1130. The molecule has 7 nitrogen and oxygen atoms in total. The summed E-state index contributed by atoms with van der Waals surface area (Å²) >= 11 is 0. The lowest BCUT2D eigenvalue weighted by molar-refractivity contribution is -0.188. The number of rotatable bonds is 9. The molecule has 2 saturated heterocycles. The van der Waals surface area contributed by atoms with Crippen LogP contribution in [0.2, 0.25) is 0 Å². The number of esters is 2. The first kappa shape index (κ1) is 37.3. The largest absolute Gasteiger partial charge is 0.508 e. The molecule has 7 heteroatoms. The van der Waals surface area contributed by atoms with Gasteiger partial charge in [-0.2, -0.15) is 0 Å². The van der Waals surface area contributed by atoms with E-state index in [4.69, 9.17) is 9.47 Å². The molecule has 0 bridgehead atoms. The van der Waals surface area contributed by atoms with Gasteiger partial charge >= 0.3 is 11.9 Å². The molecule has 1 aromatic rings. The maximum atomic E-state index is 14.7. The monoisotopic (exact) mass is 628 g/mol. The number of unbranched alkanes of at least 4 members (excludes halogenated alkanes) is 1. The van der Waals surface area contributed by atoms with E-state index in [9.17, 15) is 14.7 Å². The summed E-state index contributed by atoms with van der Waals surface area (Å²) in [6, 6.07) is 5.46. The first-order chi connectivity index (χ1) is 20.4. The fraction of sp³-hybridized carbons (Fsp3) is 0.789. The molecule has 0 atom stereocenters. The molecule has 0 radical (unpaired) electrons. The molecule has 0 aromatic heterocycles. The van der Waals surface area contributed by atoms with Crippen molar-refractivity contribution in [3.8, 4) is 5.75 Å². The second kappa shape index (κ2) is 12.8. The standard InChI is InChI=1S/C38H64N2O5/c1-15-16-19-38(21-26-17-18-30(41)29(20-26)33(2,3)4,31(42)44-27-22-34(5,6)39(13)35(7,8)23-27)32(43)45-28-24-36(9,10)40(14)37(11,12)25-28/h17-18,20,27-28,41H,15-16,19,21-25H2,1-14H3. The average molecular weight is 629 g/mol. The van der Waals surface area contributed by atoms with Crippen LogP contribution in [0, 0.1) is 5.41 Å². The number of piperidine rings is 2. The molecule has 0 aliphatic carbocycles. The lowest BCUT2D eigenvalue weighted by atomic mass is 9.75. The highest BCUT2D eigenvalue weighted by Crippen LogP contribution is 2.43. The lowest BCUT2D eigenvalue weighted by Gasteiger charge is -2.53. The van der Waals surface area contributed by atoms with E-state index in [1.54, 1.807) is 6.07 Å². The van der Waals surface area contributed by atoms with Gasteiger partial charge in [-0.1, -0.05) is 52.7 Å². The molecule has 0 saturated carbocycles. The molecular weight excluding hydrogens is 564 g/mol. The third-order valence-electron chi connectivity index (χ3n) is 11.2. The van der Waals surface area contributed by atoms with Crippen molar-refractivity contribution in [1.82, 2.24) is 9.80 Å². The fourth-order valence-corrected chi connectivity index (χ4v) is 7.90. The highest BCUT2D eigenvalue weighted by atomic mass is 16.6. The Morgan fingerprint density at radius 1 is 0.800 bits per heavy atom. The van der Waals surface area contributed by atoms with Gasteiger partial charge < -0.3 is 14.6 Å². The van der Waals surface area contributed by atoms with E-state index >= 15 is 0 Å². The number of carbonyl (C=O) groups excluding carboxylic acids is 2. The van der Waals surface area contributed by atoms with Gasteiger partial charge in [0.05, 0.1) is 0 Å². The van der Waals surface area contributed by atoms with E-state index in [-0.39, 0.29) is 51.9 Å². The minimum Gasteiger partial charge on any atom is -0.508 e. The molecule has 2 heterocycles. The number of phenolic OH excluding ortho intramolecular Hbond substituents is 1. The lowest BCUT2D eigenvalue weighted by Crippen LogP contribution is -2.61. The Morgan fingerprint density at radius 3 is 1.56 bits per heavy atom. The quantitative estimate of drug-likeness (QED) is 0.221. The van der Waals surface area contributed by atoms with Crippen LogP contribution in [0.25, 0.3) is 0 Å². The summed E-state index contributed by atoms with van der Waals surface area (Å²) in [4.78, 5) is 34.1. The second-order valence-electron chi connectivity index (χ2n) is 17.7. The minimum absolute atomic E-state index is 0.160. The minimum atomic E-state index is -1.50. The van der Waals surface area contributed by atoms with Gasteiger partial charge in [0.15, 0.2) is 5.41 Å². The summed E-state index contributed by atoms with van der Waals surface area (Å²) in [5.74, 6) is -0.764. The van der Waals surface area contributed by atoms with Crippen LogP contribution in [0.4, 0.5) is 0 Å². The van der Waals surface area contributed by atoms with Gasteiger partial charge in [-0.25, -0.2) is 0 Å². The van der Waals surface area contributed by atoms with Gasteiger partial charge in [-0.15, -0.1) is 0 Å². The van der Waals surface area contributed by atoms with Gasteiger partial charge in [0.1, 0.15) is 18.0 Å². The van der Waals surface area contributed by atoms with Crippen molar-refractivity contribution in [3.05, 3.63) is 29.3 Å². The molecule has 3 rings (SSSR count). The summed E-state index contributed by atoms with van der Waals surface area (Å²) < 4.78 is 12.9. The molecule has 2 aliphatic heterocycles. The van der Waals surface area contributed by atoms with Crippen LogP contribution in [0.15, 0.2) is 18.2 Å². The number of nitrogens with zero attached hydrogens (tertiary/aromatic N) is 2. The van der Waals surface area contributed by atoms with E-state index in [0.717, 1.165) is 17.5 Å². The summed E-state index contributed by atoms with van der Waals surface area (Å²) in [6.45, 7) is 25.7. The highest BCUT2D eigenvalue weighted by Gasteiger charge is 2.53. The van der Waals surface area contributed by atoms with Gasteiger partial charge in [0.25, 0.3) is 0 Å². The average Bonchev–Trinajstić information content (AvgIpc) is 2.87. The number of aromatic hydroxyl groups is 1. The fourth-order valence-electron chi connectivity index (χ4n) is 7.90. The summed E-state index contributed by atoms with van der Waals surface area (Å²) in [6.07, 6.45) is 4.10. The van der Waals surface area contributed by atoms with Crippen molar-refractivity contribution in [2.75, 3.05) is 14.1 Å². The van der Waals surface area contributed by atoms with Crippen molar-refractivity contribution in [2.24, 2.45) is 5.41 Å². The van der Waals surface area contributed by atoms with Crippen molar-refractivity contribution >= 4 is 11.9 Å². The molecular formula is C38H64N2O5. The SMILES string of the molecule is CCCCC(Cc1ccc(O)c(C(C)(C)C)c1)(C(=O)OC1CC(C)(C)N(C)C(C)(C)C1)C(=O)OC1CC(C)(C)N(C)C(C)(C)C1. The van der Waals surface area contributed by atoms with E-state index < -0.39 is 17.4 Å². The van der Waals surface area contributed by atoms with Crippen LogP contribution in [-0.2, 0) is 30.9 Å². The predicted octanol–water partition coefficient (Wildman–Crippen LogP) is 7.80. The summed E-state index contributed by atoms with van der Waals surface area (Å²) in [5, 5.41) is 10.7. The molecule has 0 spiro atoms. The number of hydrogen-bond donors (Lipinski definition) is 1. The first-order valence-corrected chi connectivity index (χ1v) is 17.1. The summed E-state index contributed by atoms with van der Waals surface area (Å²) in [5.41, 5.74) is -0.931. The maximum absolute atomic E-state index is 14.7. The van der Waals surface area contributed by atoms with Gasteiger partial charge in [-0.05, 0) is 105 Å². The Hall–Kier alpha value is -2.12. The Balaban J connectivity index is 2.08. The predicted molar refractivity (Wildman–Crippen MR) is 183 cm³/mol. The zero-order chi connectivity index (χ0) is 34.4. The molecule has 0 unspecified atom stereocenters. The normalized spacial score (nSPS) is 22.6. The molecule has 1 N–H and O–H groups in total. The molecule has 1 aromatic carbocycles. The number of likely N-dealkylation sites (tertiary alicyclic amines) is 2. The van der Waals surface area contributed by atoms with Crippen LogP contribution < -0.4 is 0 Å². The first-order valence-electron chi connectivity index (χ1n) is 17.1. The van der Waals surface area contributed by atoms with Crippen molar-refractivity contribution in [2.45, 2.75) is 174 Å². The van der Waals surface area contributed by atoms with Crippen LogP contribution in [0.5, 0.6) is 5.75 Å². The van der Waals surface area contributed by atoms with Gasteiger partial charge in [0, 0.05) is 47.8 Å². The molecule has 45 heavy (non-hydrogen) atoms. The molecule has 0 amide bonds. The van der Waals surface area contributed by atoms with Crippen molar-refractivity contribution in [3.63, 3.8) is 0 Å². The van der Waals surface area contributed by atoms with E-state index in [2.05, 4.69) is 86.2 Å². The van der Waals surface area contributed by atoms with E-state index in [0.29, 0.717) is 38.5 Å². The highest BCUT2D eigenvalue weighted by molar-refractivity contribution is 6.00. The maximum Gasteiger partial charge on any atom is 0.324 e. The Labute approximate surface area is 274 Å². The third-order valence-corrected chi connectivity index (χ3v) is 11.2. The van der Waals surface area contributed by atoms with Crippen LogP contribution in [0.1, 0.15) is 139 Å². The number of phenols is 1. The van der Waals surface area contributed by atoms with Crippen LogP contribution in [0.3, 0.4) is 0 Å². The molecule has 2 fully saturated rings. The number of benzene rings is 1. The zero-order valence-corrected chi connectivity index (χ0v) is 31.0. The van der Waals surface area contributed by atoms with E-state index in [1.807, 2.05) is 32.9 Å². The zero-order valence-electron chi connectivity index (χ0n) is 31.0. The van der Waals surface area contributed by atoms with E-state index in [1.165, 1.54) is 0 Å². The third kappa shape index (κ3) is 8.06. The van der Waals surface area contributed by atoms with Gasteiger partial charge in [0.2, 0.25) is 0 Å². The Kier molecular flexibility index (Phi) is 10.6. The second-order valence-corrected chi connectivity index (χ2v) is 17.7. The number of ether oxygens (including phenoxy) is 2. The van der Waals surface area contributed by atoms with Crippen molar-refractivity contribution in [1.29, 1.82) is 0 Å². The van der Waals surface area contributed by atoms with Gasteiger partial charge in [-0.3, -0.25) is 19.4 Å². The van der Waals surface area contributed by atoms with Crippen molar-refractivity contribution < 1.29 is 24.2 Å². The number of carbonyl (C=O) groups is 2. The summed E-state index contributed by atoms with van der Waals surface area (Å²) in [7, 11) is 4.26. The number of hydrogen-bond acceptors (Lipinski definition) is 7. The molecule has 256 valence electrons.